The summed E-state index contributed by atoms with van der Waals surface area (Å²) >= 11 is 0. The molecule has 0 radical (unpaired) electrons. The van der Waals surface area contributed by atoms with Gasteiger partial charge >= 0.3 is 0 Å². The molecule has 1 aliphatic rings. The van der Waals surface area contributed by atoms with Gasteiger partial charge in [0, 0.05) is 26.2 Å². The summed E-state index contributed by atoms with van der Waals surface area (Å²) in [5.74, 6) is -0.506. The highest BCUT2D eigenvalue weighted by atomic mass is 32.2. The van der Waals surface area contributed by atoms with Gasteiger partial charge < -0.3 is 14.8 Å². The summed E-state index contributed by atoms with van der Waals surface area (Å²) in [6.07, 6.45) is 7.25. The molecule has 1 aromatic carbocycles. The molecular weight excluding hydrogens is 359 g/mol. The van der Waals surface area contributed by atoms with Crippen LogP contribution < -0.4 is 14.8 Å². The number of hydrogen-bond acceptors (Lipinski definition) is 5. The number of halogens is 1. The van der Waals surface area contributed by atoms with Gasteiger partial charge in [-0.05, 0) is 31.0 Å². The van der Waals surface area contributed by atoms with Crippen LogP contribution in [-0.2, 0) is 14.8 Å². The molecule has 1 saturated carbocycles. The molecule has 0 unspecified atom stereocenters. The Bertz CT molecular complexity index is 647. The first-order valence-corrected chi connectivity index (χ1v) is 10.7. The van der Waals surface area contributed by atoms with Gasteiger partial charge in [-0.2, -0.15) is 0 Å². The highest BCUT2D eigenvalue weighted by Crippen LogP contribution is 2.24. The molecule has 1 fully saturated rings. The third-order valence-corrected chi connectivity index (χ3v) is 5.93. The molecule has 8 heteroatoms. The van der Waals surface area contributed by atoms with Crippen LogP contribution >= 0.6 is 0 Å². The fourth-order valence-corrected chi connectivity index (χ4v) is 4.25. The molecule has 0 aromatic heterocycles. The van der Waals surface area contributed by atoms with Gasteiger partial charge in [0.25, 0.3) is 0 Å². The van der Waals surface area contributed by atoms with Gasteiger partial charge in [0.2, 0.25) is 10.0 Å². The predicted octanol–water partition coefficient (Wildman–Crippen LogP) is 2.44. The summed E-state index contributed by atoms with van der Waals surface area (Å²) in [7, 11) is -2.33. The van der Waals surface area contributed by atoms with Crippen molar-refractivity contribution in [2.45, 2.75) is 49.5 Å². The molecule has 0 amide bonds. The lowest BCUT2D eigenvalue weighted by Gasteiger charge is -2.17. The van der Waals surface area contributed by atoms with E-state index in [2.05, 4.69) is 10.0 Å². The zero-order chi connectivity index (χ0) is 18.8. The average molecular weight is 389 g/mol. The van der Waals surface area contributed by atoms with Gasteiger partial charge in [-0.1, -0.05) is 25.7 Å². The molecule has 2 N–H and O–H groups in total. The first-order valence-electron chi connectivity index (χ1n) is 9.17. The second kappa shape index (κ2) is 10.8. The van der Waals surface area contributed by atoms with Crippen molar-refractivity contribution in [2.75, 3.05) is 33.4 Å². The molecule has 0 bridgehead atoms. The maximum Gasteiger partial charge on any atom is 0.244 e. The monoisotopic (exact) mass is 388 g/mol. The maximum absolute atomic E-state index is 13.6. The molecular formula is C18H29FN2O4S. The molecule has 1 aliphatic carbocycles. The van der Waals surface area contributed by atoms with Crippen molar-refractivity contribution >= 4 is 10.0 Å². The fourth-order valence-electron chi connectivity index (χ4n) is 3.07. The van der Waals surface area contributed by atoms with E-state index in [1.807, 2.05) is 0 Å². The minimum absolute atomic E-state index is 0.118. The van der Waals surface area contributed by atoms with E-state index in [0.29, 0.717) is 19.2 Å². The first-order chi connectivity index (χ1) is 12.5. The van der Waals surface area contributed by atoms with Crippen molar-refractivity contribution in [3.8, 4) is 5.75 Å². The fraction of sp³-hybridized carbons (Fsp3) is 0.667. The number of ether oxygens (including phenoxy) is 2. The summed E-state index contributed by atoms with van der Waals surface area (Å²) < 4.78 is 51.4. The van der Waals surface area contributed by atoms with Crippen LogP contribution in [0.3, 0.4) is 0 Å². The Balaban J connectivity index is 1.90. The average Bonchev–Trinajstić information content (AvgIpc) is 2.89. The highest BCUT2D eigenvalue weighted by Gasteiger charge is 2.20. The second-order valence-corrected chi connectivity index (χ2v) is 8.21. The molecule has 0 atom stereocenters. The van der Waals surface area contributed by atoms with Crippen LogP contribution in [0.4, 0.5) is 4.39 Å². The SMILES string of the molecule is COCCOc1ccc(F)cc1S(=O)(=O)NCCNC1CCCCCC1. The van der Waals surface area contributed by atoms with Crippen molar-refractivity contribution in [3.63, 3.8) is 0 Å². The molecule has 1 aromatic rings. The van der Waals surface area contributed by atoms with Gasteiger partial charge in [0.05, 0.1) is 6.61 Å². The number of benzene rings is 1. The summed E-state index contributed by atoms with van der Waals surface area (Å²) in [4.78, 5) is -0.192. The van der Waals surface area contributed by atoms with Gasteiger partial charge in [-0.25, -0.2) is 17.5 Å². The number of nitrogens with one attached hydrogen (secondary N) is 2. The van der Waals surface area contributed by atoms with Crippen LogP contribution in [0, 0.1) is 5.82 Å². The summed E-state index contributed by atoms with van der Waals surface area (Å²) in [6, 6.07) is 3.92. The number of sulfonamides is 1. The second-order valence-electron chi connectivity index (χ2n) is 6.47. The van der Waals surface area contributed by atoms with Crippen LogP contribution in [0.2, 0.25) is 0 Å². The lowest BCUT2D eigenvalue weighted by Crippen LogP contribution is -2.37. The number of hydrogen-bond donors (Lipinski definition) is 2. The van der Waals surface area contributed by atoms with E-state index < -0.39 is 15.8 Å². The first kappa shape index (κ1) is 21.1. The van der Waals surface area contributed by atoms with E-state index in [-0.39, 0.29) is 23.8 Å². The topological polar surface area (TPSA) is 76.7 Å². The van der Waals surface area contributed by atoms with Crippen molar-refractivity contribution in [1.82, 2.24) is 10.0 Å². The van der Waals surface area contributed by atoms with E-state index in [9.17, 15) is 12.8 Å². The number of rotatable bonds is 10. The van der Waals surface area contributed by atoms with Gasteiger partial charge in [-0.3, -0.25) is 0 Å². The quantitative estimate of drug-likeness (QED) is 0.476. The van der Waals surface area contributed by atoms with Gasteiger partial charge in [0.1, 0.15) is 23.1 Å². The third kappa shape index (κ3) is 6.83. The third-order valence-electron chi connectivity index (χ3n) is 4.45. The summed E-state index contributed by atoms with van der Waals surface area (Å²) in [5.41, 5.74) is 0. The van der Waals surface area contributed by atoms with Crippen LogP contribution in [-0.4, -0.2) is 47.9 Å². The standard InChI is InChI=1S/C18H29FN2O4S/c1-24-12-13-25-17-9-8-15(19)14-18(17)26(22,23)21-11-10-20-16-6-4-2-3-5-7-16/h8-9,14,16,20-21H,2-7,10-13H2,1H3. The molecule has 2 rings (SSSR count). The van der Waals surface area contributed by atoms with E-state index in [0.717, 1.165) is 18.9 Å². The maximum atomic E-state index is 13.6. The summed E-state index contributed by atoms with van der Waals surface area (Å²) in [5, 5.41) is 3.40. The highest BCUT2D eigenvalue weighted by molar-refractivity contribution is 7.89. The molecule has 0 saturated heterocycles. The van der Waals surface area contributed by atoms with Crippen LogP contribution in [0.5, 0.6) is 5.75 Å². The Morgan fingerprint density at radius 1 is 1.12 bits per heavy atom. The smallest absolute Gasteiger partial charge is 0.244 e. The minimum Gasteiger partial charge on any atom is -0.490 e. The van der Waals surface area contributed by atoms with Gasteiger partial charge in [-0.15, -0.1) is 0 Å². The van der Waals surface area contributed by atoms with Crippen molar-refractivity contribution < 1.29 is 22.3 Å². The Hall–Kier alpha value is -1.22. The molecule has 0 spiro atoms. The molecule has 6 nitrogen and oxygen atoms in total. The molecule has 148 valence electrons. The van der Waals surface area contributed by atoms with Crippen LogP contribution in [0.25, 0.3) is 0 Å². The number of methoxy groups -OCH3 is 1. The molecule has 0 aliphatic heterocycles. The zero-order valence-electron chi connectivity index (χ0n) is 15.3. The summed E-state index contributed by atoms with van der Waals surface area (Å²) in [6.45, 7) is 1.29. The van der Waals surface area contributed by atoms with E-state index in [4.69, 9.17) is 9.47 Å². The zero-order valence-corrected chi connectivity index (χ0v) is 16.1. The Morgan fingerprint density at radius 3 is 2.54 bits per heavy atom. The Morgan fingerprint density at radius 2 is 1.85 bits per heavy atom. The van der Waals surface area contributed by atoms with E-state index in [1.165, 1.54) is 44.9 Å². The van der Waals surface area contributed by atoms with Crippen molar-refractivity contribution in [1.29, 1.82) is 0 Å². The van der Waals surface area contributed by atoms with Crippen molar-refractivity contribution in [3.05, 3.63) is 24.0 Å². The minimum atomic E-state index is -3.86. The van der Waals surface area contributed by atoms with Crippen LogP contribution in [0.1, 0.15) is 38.5 Å². The lowest BCUT2D eigenvalue weighted by atomic mass is 10.1. The predicted molar refractivity (Wildman–Crippen MR) is 98.5 cm³/mol. The lowest BCUT2D eigenvalue weighted by molar-refractivity contribution is 0.144. The molecule has 26 heavy (non-hydrogen) atoms. The van der Waals surface area contributed by atoms with E-state index >= 15 is 0 Å². The van der Waals surface area contributed by atoms with Crippen molar-refractivity contribution in [2.24, 2.45) is 0 Å². The largest absolute Gasteiger partial charge is 0.490 e. The van der Waals surface area contributed by atoms with Gasteiger partial charge in [0.15, 0.2) is 0 Å². The Labute approximate surface area is 155 Å². The Kier molecular flexibility index (Phi) is 8.77. The molecule has 0 heterocycles. The van der Waals surface area contributed by atoms with E-state index in [1.54, 1.807) is 0 Å². The normalized spacial score (nSPS) is 16.4. The van der Waals surface area contributed by atoms with Crippen LogP contribution in [0.15, 0.2) is 23.1 Å².